The molecule has 6 nitrogen and oxygen atoms in total. The van der Waals surface area contributed by atoms with Gasteiger partial charge in [0, 0.05) is 0 Å². The summed E-state index contributed by atoms with van der Waals surface area (Å²) >= 11 is 0.803. The summed E-state index contributed by atoms with van der Waals surface area (Å²) in [6, 6.07) is 0. The lowest BCUT2D eigenvalue weighted by Gasteiger charge is -2.07. The van der Waals surface area contributed by atoms with E-state index in [0.29, 0.717) is 0 Å². The van der Waals surface area contributed by atoms with Gasteiger partial charge in [0.1, 0.15) is 5.69 Å². The Morgan fingerprint density at radius 1 is 1.14 bits per heavy atom. The number of nitrogens with two attached hydrogens (primary N) is 2. The molecule has 22 heavy (non-hydrogen) atoms. The van der Waals surface area contributed by atoms with Gasteiger partial charge in [-0.2, -0.15) is 0 Å². The molecule has 1 atom stereocenters. The predicted octanol–water partition coefficient (Wildman–Crippen LogP) is 1.58. The molecule has 0 amide bonds. The van der Waals surface area contributed by atoms with Gasteiger partial charge in [-0.25, -0.2) is 36.4 Å². The average molecular weight is 351 g/mol. The second-order valence-corrected chi connectivity index (χ2v) is 6.26. The molecule has 0 fully saturated rings. The molecule has 0 aliphatic heterocycles. The van der Waals surface area contributed by atoms with Gasteiger partial charge in [-0.3, -0.25) is 0 Å². The average Bonchev–Trinajstić information content (AvgIpc) is 3.02. The first-order valence-electron chi connectivity index (χ1n) is 5.45. The number of aromatic nitrogens is 3. The highest BCUT2D eigenvalue weighted by Crippen LogP contribution is 2.33. The van der Waals surface area contributed by atoms with E-state index < -0.39 is 45.5 Å². The number of halogens is 4. The molecule has 2 heterocycles. The number of anilines is 1. The van der Waals surface area contributed by atoms with Gasteiger partial charge < -0.3 is 5.73 Å². The molecule has 1 unspecified atom stereocenters. The summed E-state index contributed by atoms with van der Waals surface area (Å²) in [6.45, 7) is 0. The van der Waals surface area contributed by atoms with Gasteiger partial charge in [0.2, 0.25) is 9.30 Å². The summed E-state index contributed by atoms with van der Waals surface area (Å²) in [7, 11) is -1.85. The lowest BCUT2D eigenvalue weighted by Crippen LogP contribution is -2.05. The van der Waals surface area contributed by atoms with Crippen LogP contribution in [-0.2, 0) is 11.0 Å². The minimum atomic E-state index is -1.85. The molecule has 0 bridgehead atoms. The SMILES string of the molecule is Nc1c(F)c(F)c(-c2cn3nc(S(N)=O)sc3n2)c(F)c1F. The van der Waals surface area contributed by atoms with Gasteiger partial charge in [0.15, 0.2) is 34.3 Å². The Hall–Kier alpha value is -2.05. The van der Waals surface area contributed by atoms with Gasteiger partial charge in [-0.15, -0.1) is 5.10 Å². The Balaban J connectivity index is 2.23. The largest absolute Gasteiger partial charge is 0.394 e. The second kappa shape index (κ2) is 5.00. The molecule has 2 aromatic heterocycles. The van der Waals surface area contributed by atoms with E-state index in [1.54, 1.807) is 0 Å². The van der Waals surface area contributed by atoms with Crippen LogP contribution in [0.2, 0.25) is 0 Å². The number of nitrogen functional groups attached to an aromatic ring is 1. The molecule has 3 aromatic rings. The topological polar surface area (TPSA) is 99.3 Å². The molecular weight excluding hydrogens is 346 g/mol. The third kappa shape index (κ3) is 2.07. The summed E-state index contributed by atoms with van der Waals surface area (Å²) in [4.78, 5) is 3.89. The van der Waals surface area contributed by atoms with Crippen molar-refractivity contribution in [2.75, 3.05) is 5.73 Å². The molecule has 0 aliphatic carbocycles. The summed E-state index contributed by atoms with van der Waals surface area (Å²) < 4.78 is 66.7. The van der Waals surface area contributed by atoms with Crippen LogP contribution in [0.25, 0.3) is 16.2 Å². The van der Waals surface area contributed by atoms with Gasteiger partial charge in [0.05, 0.1) is 17.5 Å². The Labute approximate surface area is 126 Å². The zero-order valence-corrected chi connectivity index (χ0v) is 11.9. The van der Waals surface area contributed by atoms with Crippen molar-refractivity contribution in [3.63, 3.8) is 0 Å². The van der Waals surface area contributed by atoms with Crippen LogP contribution in [0, 0.1) is 23.3 Å². The first kappa shape index (κ1) is 14.9. The molecule has 0 radical (unpaired) electrons. The van der Waals surface area contributed by atoms with Gasteiger partial charge in [-0.1, -0.05) is 11.3 Å². The van der Waals surface area contributed by atoms with E-state index in [2.05, 4.69) is 10.1 Å². The van der Waals surface area contributed by atoms with Crippen LogP contribution in [0.3, 0.4) is 0 Å². The van der Waals surface area contributed by atoms with Crippen molar-refractivity contribution in [2.45, 2.75) is 4.34 Å². The van der Waals surface area contributed by atoms with Crippen LogP contribution in [0.5, 0.6) is 0 Å². The molecule has 116 valence electrons. The van der Waals surface area contributed by atoms with E-state index >= 15 is 0 Å². The molecule has 0 saturated carbocycles. The second-order valence-electron chi connectivity index (χ2n) is 4.06. The lowest BCUT2D eigenvalue weighted by atomic mass is 10.1. The summed E-state index contributed by atoms with van der Waals surface area (Å²) in [5, 5.41) is 8.91. The van der Waals surface area contributed by atoms with Crippen molar-refractivity contribution in [3.05, 3.63) is 29.5 Å². The Bertz CT molecular complexity index is 877. The molecule has 0 saturated heterocycles. The van der Waals surface area contributed by atoms with E-state index in [0.717, 1.165) is 22.0 Å². The molecule has 4 N–H and O–H groups in total. The first-order chi connectivity index (χ1) is 10.3. The predicted molar refractivity (Wildman–Crippen MR) is 71.1 cm³/mol. The standard InChI is InChI=1S/C10H5F4N5OS2/c11-4-3(5(12)7(14)8(15)6(4)13)2-1-19-9(17-2)21-10(18-19)22(16)20/h1H,15-16H2. The van der Waals surface area contributed by atoms with Crippen molar-refractivity contribution >= 4 is 33.0 Å². The third-order valence-corrected chi connectivity index (χ3v) is 4.64. The summed E-state index contributed by atoms with van der Waals surface area (Å²) in [5.74, 6) is -6.74. The fourth-order valence-electron chi connectivity index (χ4n) is 1.76. The van der Waals surface area contributed by atoms with Crippen molar-refractivity contribution in [2.24, 2.45) is 5.14 Å². The van der Waals surface area contributed by atoms with Crippen LogP contribution in [-0.4, -0.2) is 18.8 Å². The number of hydrogen-bond donors (Lipinski definition) is 2. The van der Waals surface area contributed by atoms with E-state index in [9.17, 15) is 21.8 Å². The fourth-order valence-corrected chi connectivity index (χ4v) is 3.09. The number of rotatable bonds is 2. The highest BCUT2D eigenvalue weighted by Gasteiger charge is 2.27. The van der Waals surface area contributed by atoms with Gasteiger partial charge in [0.25, 0.3) is 0 Å². The van der Waals surface area contributed by atoms with Crippen LogP contribution >= 0.6 is 11.3 Å². The van der Waals surface area contributed by atoms with Crippen LogP contribution < -0.4 is 10.9 Å². The number of hydrogen-bond acceptors (Lipinski definition) is 5. The monoisotopic (exact) mass is 351 g/mol. The van der Waals surface area contributed by atoms with E-state index in [1.165, 1.54) is 0 Å². The molecule has 3 rings (SSSR count). The fraction of sp³-hybridized carbons (Fsp3) is 0. The third-order valence-electron chi connectivity index (χ3n) is 2.75. The van der Waals surface area contributed by atoms with Crippen LogP contribution in [0.15, 0.2) is 10.5 Å². The number of imidazole rings is 1. The highest BCUT2D eigenvalue weighted by molar-refractivity contribution is 7.85. The van der Waals surface area contributed by atoms with Gasteiger partial charge >= 0.3 is 0 Å². The Morgan fingerprint density at radius 2 is 1.73 bits per heavy atom. The minimum absolute atomic E-state index is 0.0321. The number of nitrogens with zero attached hydrogens (tertiary/aromatic N) is 3. The maximum absolute atomic E-state index is 13.8. The summed E-state index contributed by atoms with van der Waals surface area (Å²) in [5.41, 5.74) is 2.28. The summed E-state index contributed by atoms with van der Waals surface area (Å²) in [6.07, 6.45) is 1.03. The Kier molecular flexibility index (Phi) is 3.38. The smallest absolute Gasteiger partial charge is 0.219 e. The van der Waals surface area contributed by atoms with Crippen molar-refractivity contribution in [1.82, 2.24) is 14.6 Å². The normalized spacial score (nSPS) is 13.0. The van der Waals surface area contributed by atoms with Gasteiger partial charge in [-0.05, 0) is 0 Å². The first-order valence-corrected chi connectivity index (χ1v) is 7.48. The van der Waals surface area contributed by atoms with Crippen molar-refractivity contribution in [1.29, 1.82) is 0 Å². The molecular formula is C10H5F4N5OS2. The lowest BCUT2D eigenvalue weighted by molar-refractivity contribution is 0.464. The highest BCUT2D eigenvalue weighted by atomic mass is 32.2. The molecule has 1 aromatic carbocycles. The molecule has 0 aliphatic rings. The molecule has 0 spiro atoms. The number of fused-ring (bicyclic) bond motifs is 1. The number of benzene rings is 1. The van der Waals surface area contributed by atoms with E-state index in [4.69, 9.17) is 10.9 Å². The quantitative estimate of drug-likeness (QED) is 0.416. The zero-order chi connectivity index (χ0) is 16.2. The van der Waals surface area contributed by atoms with E-state index in [1.807, 2.05) is 0 Å². The maximum atomic E-state index is 13.8. The van der Waals surface area contributed by atoms with Crippen molar-refractivity contribution in [3.8, 4) is 11.3 Å². The van der Waals surface area contributed by atoms with E-state index in [-0.39, 0.29) is 15.0 Å². The minimum Gasteiger partial charge on any atom is -0.394 e. The van der Waals surface area contributed by atoms with Crippen molar-refractivity contribution < 1.29 is 21.8 Å². The Morgan fingerprint density at radius 3 is 2.23 bits per heavy atom. The van der Waals surface area contributed by atoms with Crippen LogP contribution in [0.1, 0.15) is 0 Å². The maximum Gasteiger partial charge on any atom is 0.219 e. The molecule has 12 heteroatoms. The zero-order valence-electron chi connectivity index (χ0n) is 10.3. The van der Waals surface area contributed by atoms with Crippen LogP contribution in [0.4, 0.5) is 23.2 Å².